The van der Waals surface area contributed by atoms with Crippen LogP contribution in [0.25, 0.3) is 0 Å². The van der Waals surface area contributed by atoms with Gasteiger partial charge in [0, 0.05) is 27.4 Å². The zero-order valence-electron chi connectivity index (χ0n) is 15.5. The monoisotopic (exact) mass is 517 g/mol. The van der Waals surface area contributed by atoms with Gasteiger partial charge in [0.1, 0.15) is 5.25 Å². The molecule has 2 amide bonds. The summed E-state index contributed by atoms with van der Waals surface area (Å²) in [6.45, 7) is 0. The van der Waals surface area contributed by atoms with Crippen LogP contribution in [0.4, 0.5) is 11.4 Å². The highest BCUT2D eigenvalue weighted by Crippen LogP contribution is 2.53. The molecule has 3 heterocycles. The lowest BCUT2D eigenvalue weighted by atomic mass is 9.83. The molecule has 0 aliphatic carbocycles. The van der Waals surface area contributed by atoms with Crippen molar-refractivity contribution in [2.45, 2.75) is 16.2 Å². The zero-order valence-corrected chi connectivity index (χ0v) is 18.7. The molecular weight excluding hydrogens is 506 g/mol. The Balaban J connectivity index is 1.66. The molecule has 0 saturated carbocycles. The molecule has 2 aliphatic heterocycles. The summed E-state index contributed by atoms with van der Waals surface area (Å²) >= 11 is 5.48. The van der Waals surface area contributed by atoms with Gasteiger partial charge >= 0.3 is 4.87 Å². The van der Waals surface area contributed by atoms with Crippen LogP contribution in [0.5, 0.6) is 0 Å². The summed E-state index contributed by atoms with van der Waals surface area (Å²) in [6.07, 6.45) is 0. The Labute approximate surface area is 191 Å². The predicted octanol–water partition coefficient (Wildman–Crippen LogP) is 3.90. The summed E-state index contributed by atoms with van der Waals surface area (Å²) in [7, 11) is 0. The molecule has 2 aromatic carbocycles. The predicted molar refractivity (Wildman–Crippen MR) is 120 cm³/mol. The van der Waals surface area contributed by atoms with Crippen molar-refractivity contribution in [1.29, 1.82) is 0 Å². The Morgan fingerprint density at radius 2 is 1.81 bits per heavy atom. The van der Waals surface area contributed by atoms with Crippen molar-refractivity contribution in [1.82, 2.24) is 4.98 Å². The first-order valence-electron chi connectivity index (χ1n) is 9.12. The molecule has 0 spiro atoms. The fourth-order valence-corrected chi connectivity index (χ4v) is 6.83. The minimum absolute atomic E-state index is 0.113. The summed E-state index contributed by atoms with van der Waals surface area (Å²) in [5.74, 6) is -2.16. The van der Waals surface area contributed by atoms with E-state index in [4.69, 9.17) is 0 Å². The molecule has 0 radical (unpaired) electrons. The molecule has 1 aromatic heterocycles. The van der Waals surface area contributed by atoms with Crippen LogP contribution in [0.3, 0.4) is 0 Å². The first-order valence-corrected chi connectivity index (χ1v) is 11.6. The third-order valence-corrected chi connectivity index (χ3v) is 8.28. The van der Waals surface area contributed by atoms with Crippen LogP contribution in [0, 0.1) is 16.0 Å². The number of nitrogens with zero attached hydrogens (tertiary/aromatic N) is 2. The molecule has 2 aliphatic rings. The van der Waals surface area contributed by atoms with Gasteiger partial charge < -0.3 is 4.98 Å². The van der Waals surface area contributed by atoms with E-state index < -0.39 is 22.0 Å². The average Bonchev–Trinajstić information content (AvgIpc) is 3.24. The molecule has 8 nitrogen and oxygen atoms in total. The van der Waals surface area contributed by atoms with Crippen LogP contribution >= 0.6 is 39.0 Å². The summed E-state index contributed by atoms with van der Waals surface area (Å²) in [5.41, 5.74) is 0.876. The fraction of sp³-hybridized carbons (Fsp3) is 0.150. The maximum Gasteiger partial charge on any atom is 0.305 e. The van der Waals surface area contributed by atoms with Crippen LogP contribution in [0.2, 0.25) is 0 Å². The number of anilines is 1. The van der Waals surface area contributed by atoms with Gasteiger partial charge in [-0.05, 0) is 29.8 Å². The van der Waals surface area contributed by atoms with E-state index in [1.807, 2.05) is 0 Å². The number of carbonyl (C=O) groups excluding carboxylic acids is 2. The molecule has 3 aromatic rings. The lowest BCUT2D eigenvalue weighted by molar-refractivity contribution is -0.384. The highest BCUT2D eigenvalue weighted by atomic mass is 79.9. The van der Waals surface area contributed by atoms with Gasteiger partial charge in [0.05, 0.1) is 21.6 Å². The number of fused-ring (bicyclic) bond motifs is 2. The number of carbonyl (C=O) groups is 2. The highest BCUT2D eigenvalue weighted by Gasteiger charge is 2.56. The van der Waals surface area contributed by atoms with Gasteiger partial charge in [0.15, 0.2) is 0 Å². The van der Waals surface area contributed by atoms with E-state index in [-0.39, 0.29) is 22.4 Å². The molecule has 31 heavy (non-hydrogen) atoms. The second kappa shape index (κ2) is 7.43. The van der Waals surface area contributed by atoms with Crippen molar-refractivity contribution in [3.8, 4) is 0 Å². The van der Waals surface area contributed by atoms with E-state index in [9.17, 15) is 24.5 Å². The van der Waals surface area contributed by atoms with E-state index in [2.05, 4.69) is 20.9 Å². The summed E-state index contributed by atoms with van der Waals surface area (Å²) in [5, 5.41) is 11.1. The first kappa shape index (κ1) is 20.2. The molecule has 0 unspecified atom stereocenters. The number of H-pyrrole nitrogens is 1. The Morgan fingerprint density at radius 3 is 2.52 bits per heavy atom. The van der Waals surface area contributed by atoms with Crippen LogP contribution in [-0.4, -0.2) is 27.0 Å². The molecule has 5 rings (SSSR count). The van der Waals surface area contributed by atoms with Gasteiger partial charge in [0.25, 0.3) is 5.69 Å². The van der Waals surface area contributed by atoms with Crippen LogP contribution in [0.1, 0.15) is 16.4 Å². The number of thiazole rings is 1. The van der Waals surface area contributed by atoms with E-state index in [0.29, 0.717) is 21.2 Å². The number of aromatic nitrogens is 1. The second-order valence-electron chi connectivity index (χ2n) is 7.09. The Hall–Kier alpha value is -2.76. The number of halogens is 1. The number of imide groups is 1. The number of non-ortho nitro benzene ring substituents is 1. The zero-order chi connectivity index (χ0) is 21.9. The topological polar surface area (TPSA) is 113 Å². The smallest absolute Gasteiger partial charge is 0.305 e. The van der Waals surface area contributed by atoms with Gasteiger partial charge in [-0.25, -0.2) is 4.90 Å². The van der Waals surface area contributed by atoms with Gasteiger partial charge in [-0.15, -0.1) is 0 Å². The van der Waals surface area contributed by atoms with Crippen molar-refractivity contribution < 1.29 is 14.5 Å². The number of hydrogen-bond donors (Lipinski definition) is 1. The maximum absolute atomic E-state index is 13.5. The van der Waals surface area contributed by atoms with Crippen molar-refractivity contribution in [2.75, 3.05) is 4.90 Å². The molecule has 156 valence electrons. The Morgan fingerprint density at radius 1 is 1.06 bits per heavy atom. The SMILES string of the molecule is O=C1[C@H]2[C@H](c3cccc([N+](=O)[O-])c3)c3sc(=O)[nH]c3S[C@H]2C(=O)N1c1ccc(Br)cc1. The quantitative estimate of drug-likeness (QED) is 0.320. The number of hydrogen-bond acceptors (Lipinski definition) is 7. The second-order valence-corrected chi connectivity index (χ2v) is 10.2. The number of nitro groups is 1. The van der Waals surface area contributed by atoms with Gasteiger partial charge in [0.2, 0.25) is 11.8 Å². The van der Waals surface area contributed by atoms with Crippen molar-refractivity contribution in [3.05, 3.63) is 83.2 Å². The van der Waals surface area contributed by atoms with Gasteiger partial charge in [-0.2, -0.15) is 0 Å². The average molecular weight is 518 g/mol. The van der Waals surface area contributed by atoms with E-state index in [1.165, 1.54) is 28.8 Å². The molecule has 1 fully saturated rings. The molecule has 3 atom stereocenters. The minimum Gasteiger partial charge on any atom is -0.307 e. The normalized spacial score (nSPS) is 22.4. The Kier molecular flexibility index (Phi) is 4.83. The minimum atomic E-state index is -0.776. The van der Waals surface area contributed by atoms with Crippen LogP contribution < -0.4 is 9.77 Å². The van der Waals surface area contributed by atoms with Crippen LogP contribution in [-0.2, 0) is 9.59 Å². The van der Waals surface area contributed by atoms with E-state index in [1.54, 1.807) is 36.4 Å². The maximum atomic E-state index is 13.5. The summed E-state index contributed by atoms with van der Waals surface area (Å²) < 4.78 is 0.816. The molecule has 1 saturated heterocycles. The van der Waals surface area contributed by atoms with Crippen molar-refractivity contribution in [2.24, 2.45) is 5.92 Å². The lowest BCUT2D eigenvalue weighted by Crippen LogP contribution is -2.32. The third-order valence-electron chi connectivity index (χ3n) is 5.35. The van der Waals surface area contributed by atoms with Gasteiger partial charge in [-0.1, -0.05) is 51.2 Å². The number of amides is 2. The van der Waals surface area contributed by atoms with Crippen molar-refractivity contribution in [3.63, 3.8) is 0 Å². The number of benzene rings is 2. The Bertz CT molecular complexity index is 1300. The number of rotatable bonds is 3. The third kappa shape index (κ3) is 3.24. The largest absolute Gasteiger partial charge is 0.307 e. The van der Waals surface area contributed by atoms with Crippen LogP contribution in [0.15, 0.2) is 62.8 Å². The fourth-order valence-electron chi connectivity index (χ4n) is 4.05. The van der Waals surface area contributed by atoms with E-state index in [0.717, 1.165) is 15.8 Å². The number of nitro benzene ring substituents is 1. The number of thioether (sulfide) groups is 1. The summed E-state index contributed by atoms with van der Waals surface area (Å²) in [4.78, 5) is 53.9. The molecular formula is C20H12BrN3O5S2. The molecule has 11 heteroatoms. The number of nitrogens with one attached hydrogen (secondary N) is 1. The summed E-state index contributed by atoms with van der Waals surface area (Å²) in [6, 6.07) is 12.9. The highest BCUT2D eigenvalue weighted by molar-refractivity contribution is 9.10. The lowest BCUT2D eigenvalue weighted by Gasteiger charge is -2.29. The molecule has 0 bridgehead atoms. The van der Waals surface area contributed by atoms with Crippen molar-refractivity contribution >= 4 is 62.2 Å². The standard InChI is InChI=1S/C20H12BrN3O5S2/c21-10-4-6-11(7-5-10)23-18(25)14-13(9-2-1-3-12(8-9)24(28)29)15-17(22-20(27)31-15)30-16(14)19(23)26/h1-8,13-14,16H,(H,22,27)/t13-,14-,16+/m0/s1. The van der Waals surface area contributed by atoms with E-state index >= 15 is 0 Å². The first-order chi connectivity index (χ1) is 14.8. The number of aromatic amines is 1. The van der Waals surface area contributed by atoms with Gasteiger partial charge in [-0.3, -0.25) is 24.5 Å². The molecule has 1 N–H and O–H groups in total.